The maximum atomic E-state index is 14.7. The van der Waals surface area contributed by atoms with Crippen molar-refractivity contribution in [3.63, 3.8) is 0 Å². The van der Waals surface area contributed by atoms with Crippen LogP contribution in [-0.4, -0.2) is 70.6 Å². The minimum Gasteiger partial charge on any atom is -0.480 e. The van der Waals surface area contributed by atoms with E-state index >= 15 is 0 Å². The molecule has 1 amide bonds. The largest absolute Gasteiger partial charge is 0.480 e. The number of fused-ring (bicyclic) bond motifs is 1. The van der Waals surface area contributed by atoms with Gasteiger partial charge in [-0.1, -0.05) is 23.4 Å². The second-order valence-corrected chi connectivity index (χ2v) is 9.08. The Morgan fingerprint density at radius 3 is 2.53 bits per heavy atom. The molecule has 1 atom stereocenters. The SMILES string of the molecule is COc1nc(Cl)c(F)c2nc(SC)nc(N3CCN(C(=O)OC(C)(C)C)C(C)C3)c12. The Labute approximate surface area is 184 Å². The van der Waals surface area contributed by atoms with Gasteiger partial charge in [-0.2, -0.15) is 4.98 Å². The van der Waals surface area contributed by atoms with E-state index in [1.54, 1.807) is 4.90 Å². The minimum atomic E-state index is -0.716. The lowest BCUT2D eigenvalue weighted by molar-refractivity contribution is 0.0158. The van der Waals surface area contributed by atoms with Gasteiger partial charge in [0.15, 0.2) is 16.1 Å². The van der Waals surface area contributed by atoms with E-state index in [0.717, 1.165) is 0 Å². The molecule has 0 aromatic carbocycles. The van der Waals surface area contributed by atoms with Gasteiger partial charge in [0.2, 0.25) is 5.88 Å². The third kappa shape index (κ3) is 4.49. The molecule has 164 valence electrons. The van der Waals surface area contributed by atoms with E-state index in [-0.39, 0.29) is 28.7 Å². The van der Waals surface area contributed by atoms with Gasteiger partial charge < -0.3 is 19.3 Å². The molecule has 0 saturated carbocycles. The van der Waals surface area contributed by atoms with Crippen LogP contribution in [0.2, 0.25) is 5.15 Å². The first-order valence-corrected chi connectivity index (χ1v) is 11.0. The van der Waals surface area contributed by atoms with Crippen molar-refractivity contribution < 1.29 is 18.7 Å². The van der Waals surface area contributed by atoms with E-state index in [0.29, 0.717) is 36.0 Å². The monoisotopic (exact) mass is 457 g/mol. The van der Waals surface area contributed by atoms with Crippen molar-refractivity contribution in [2.75, 3.05) is 37.9 Å². The first kappa shape index (κ1) is 22.6. The molecule has 3 heterocycles. The standard InChI is InChI=1S/C19H25ClFN5O3S/c1-10-9-25(7-8-26(10)18(27)29-19(2,3)4)15-11-13(22-17(24-15)30-6)12(21)14(20)23-16(11)28-5/h10H,7-9H2,1-6H3. The Hall–Kier alpha value is -2.07. The topological polar surface area (TPSA) is 80.7 Å². The van der Waals surface area contributed by atoms with Gasteiger partial charge in [0, 0.05) is 25.7 Å². The fourth-order valence-electron chi connectivity index (χ4n) is 3.29. The third-order valence-corrected chi connectivity index (χ3v) is 5.40. The van der Waals surface area contributed by atoms with Gasteiger partial charge in [-0.15, -0.1) is 0 Å². The van der Waals surface area contributed by atoms with E-state index in [4.69, 9.17) is 21.1 Å². The number of hydrogen-bond acceptors (Lipinski definition) is 8. The van der Waals surface area contributed by atoms with Gasteiger partial charge in [0.25, 0.3) is 0 Å². The zero-order chi connectivity index (χ0) is 22.2. The molecule has 0 radical (unpaired) electrons. The number of anilines is 1. The second kappa shape index (κ2) is 8.58. The van der Waals surface area contributed by atoms with Crippen molar-refractivity contribution in [3.05, 3.63) is 11.0 Å². The summed E-state index contributed by atoms with van der Waals surface area (Å²) < 4.78 is 25.6. The maximum Gasteiger partial charge on any atom is 0.410 e. The molecule has 1 aliphatic rings. The van der Waals surface area contributed by atoms with Crippen molar-refractivity contribution in [2.24, 2.45) is 0 Å². The van der Waals surface area contributed by atoms with Crippen molar-refractivity contribution in [2.45, 2.75) is 44.5 Å². The number of pyridine rings is 1. The summed E-state index contributed by atoms with van der Waals surface area (Å²) in [7, 11) is 1.44. The summed E-state index contributed by atoms with van der Waals surface area (Å²) in [5.74, 6) is -0.0620. The minimum absolute atomic E-state index is 0.0587. The lowest BCUT2D eigenvalue weighted by atomic mass is 10.1. The highest BCUT2D eigenvalue weighted by Crippen LogP contribution is 2.37. The average Bonchev–Trinajstić information content (AvgIpc) is 2.68. The number of hydrogen-bond donors (Lipinski definition) is 0. The Kier molecular flexibility index (Phi) is 6.47. The lowest BCUT2D eigenvalue weighted by Crippen LogP contribution is -2.55. The molecule has 1 aliphatic heterocycles. The number of aromatic nitrogens is 3. The summed E-state index contributed by atoms with van der Waals surface area (Å²) in [6.07, 6.45) is 1.45. The van der Waals surface area contributed by atoms with Gasteiger partial charge in [-0.05, 0) is 34.0 Å². The van der Waals surface area contributed by atoms with Crippen LogP contribution in [0.15, 0.2) is 5.16 Å². The zero-order valence-corrected chi connectivity index (χ0v) is 19.4. The number of ether oxygens (including phenoxy) is 2. The fourth-order valence-corrected chi connectivity index (χ4v) is 3.81. The van der Waals surface area contributed by atoms with Gasteiger partial charge >= 0.3 is 6.09 Å². The molecule has 1 fully saturated rings. The number of amides is 1. The molecule has 1 unspecified atom stereocenters. The normalized spacial score (nSPS) is 17.4. The maximum absolute atomic E-state index is 14.7. The number of rotatable bonds is 3. The highest BCUT2D eigenvalue weighted by atomic mass is 35.5. The van der Waals surface area contributed by atoms with Crippen LogP contribution in [0.4, 0.5) is 15.0 Å². The molecule has 0 N–H and O–H groups in total. The predicted octanol–water partition coefficient (Wildman–Crippen LogP) is 3.99. The molecule has 3 rings (SSSR count). The molecule has 11 heteroatoms. The number of piperazine rings is 1. The van der Waals surface area contributed by atoms with Gasteiger partial charge in [0.1, 0.15) is 22.3 Å². The quantitative estimate of drug-likeness (QED) is 0.388. The van der Waals surface area contributed by atoms with Crippen LogP contribution < -0.4 is 9.64 Å². The van der Waals surface area contributed by atoms with Gasteiger partial charge in [-0.25, -0.2) is 19.2 Å². The van der Waals surface area contributed by atoms with Crippen molar-refractivity contribution in [1.82, 2.24) is 19.9 Å². The van der Waals surface area contributed by atoms with Crippen LogP contribution in [0.3, 0.4) is 0 Å². The van der Waals surface area contributed by atoms with Crippen LogP contribution in [-0.2, 0) is 4.74 Å². The average molecular weight is 458 g/mol. The molecule has 8 nitrogen and oxygen atoms in total. The summed E-state index contributed by atoms with van der Waals surface area (Å²) in [5, 5.41) is 0.456. The molecule has 2 aromatic rings. The Morgan fingerprint density at radius 1 is 1.27 bits per heavy atom. The Morgan fingerprint density at radius 2 is 1.97 bits per heavy atom. The number of carbonyl (C=O) groups excluding carboxylic acids is 1. The van der Waals surface area contributed by atoms with E-state index in [2.05, 4.69) is 15.0 Å². The van der Waals surface area contributed by atoms with E-state index in [1.165, 1.54) is 18.9 Å². The van der Waals surface area contributed by atoms with E-state index in [9.17, 15) is 9.18 Å². The molecule has 30 heavy (non-hydrogen) atoms. The fraction of sp³-hybridized carbons (Fsp3) is 0.579. The third-order valence-electron chi connectivity index (χ3n) is 4.60. The molecular formula is C19H25ClFN5O3S. The number of thioether (sulfide) groups is 1. The predicted molar refractivity (Wildman–Crippen MR) is 115 cm³/mol. The highest BCUT2D eigenvalue weighted by Gasteiger charge is 2.33. The number of methoxy groups -OCH3 is 1. The molecular weight excluding hydrogens is 433 g/mol. The number of nitrogens with zero attached hydrogens (tertiary/aromatic N) is 5. The smallest absolute Gasteiger partial charge is 0.410 e. The second-order valence-electron chi connectivity index (χ2n) is 7.95. The van der Waals surface area contributed by atoms with E-state index in [1.807, 2.05) is 38.9 Å². The molecule has 0 bridgehead atoms. The summed E-state index contributed by atoms with van der Waals surface area (Å²) in [5.41, 5.74) is -0.511. The van der Waals surface area contributed by atoms with Crippen LogP contribution in [0, 0.1) is 5.82 Å². The lowest BCUT2D eigenvalue weighted by Gasteiger charge is -2.41. The first-order valence-electron chi connectivity index (χ1n) is 9.45. The molecule has 0 spiro atoms. The Balaban J connectivity index is 1.99. The van der Waals surface area contributed by atoms with Crippen molar-refractivity contribution in [3.8, 4) is 5.88 Å². The molecule has 1 saturated heterocycles. The van der Waals surface area contributed by atoms with E-state index < -0.39 is 11.4 Å². The van der Waals surface area contributed by atoms with Crippen molar-refractivity contribution in [1.29, 1.82) is 0 Å². The van der Waals surface area contributed by atoms with Crippen molar-refractivity contribution >= 4 is 46.2 Å². The van der Waals surface area contributed by atoms with Crippen LogP contribution >= 0.6 is 23.4 Å². The number of carbonyl (C=O) groups is 1. The van der Waals surface area contributed by atoms with Crippen LogP contribution in [0.25, 0.3) is 10.9 Å². The summed E-state index contributed by atoms with van der Waals surface area (Å²) in [6, 6.07) is -0.146. The van der Waals surface area contributed by atoms with Crippen LogP contribution in [0.1, 0.15) is 27.7 Å². The summed E-state index contributed by atoms with van der Waals surface area (Å²) in [4.78, 5) is 29.1. The molecule has 2 aromatic heterocycles. The summed E-state index contributed by atoms with van der Waals surface area (Å²) >= 11 is 7.23. The number of halogens is 2. The molecule has 0 aliphatic carbocycles. The van der Waals surface area contributed by atoms with Gasteiger partial charge in [0.05, 0.1) is 7.11 Å². The summed E-state index contributed by atoms with van der Waals surface area (Å²) in [6.45, 7) is 8.83. The Bertz CT molecular complexity index is 972. The van der Waals surface area contributed by atoms with Gasteiger partial charge in [-0.3, -0.25) is 0 Å². The zero-order valence-electron chi connectivity index (χ0n) is 17.8. The first-order chi connectivity index (χ1) is 14.1. The highest BCUT2D eigenvalue weighted by molar-refractivity contribution is 7.98. The van der Waals surface area contributed by atoms with Crippen LogP contribution in [0.5, 0.6) is 5.88 Å².